The first-order chi connectivity index (χ1) is 21.1. The molecule has 1 atom stereocenters. The van der Waals surface area contributed by atoms with Crippen molar-refractivity contribution in [2.75, 3.05) is 18.0 Å². The SMILES string of the molecule is Cn1cc(-c2ccc(C(=O)N(c3nccc4sc(-c5ccncc5)cc34)[C@@H]3CCCN(C(=O)OC(C)(C)C)C3)c(F)c2)nn1. The summed E-state index contributed by atoms with van der Waals surface area (Å²) in [6, 6.07) is 11.7. The Morgan fingerprint density at radius 3 is 2.57 bits per heavy atom. The molecule has 0 radical (unpaired) electrons. The van der Waals surface area contributed by atoms with Gasteiger partial charge in [0.05, 0.1) is 17.8 Å². The van der Waals surface area contributed by atoms with Crippen molar-refractivity contribution in [3.63, 3.8) is 0 Å². The molecule has 0 N–H and O–H groups in total. The maximum atomic E-state index is 15.8. The summed E-state index contributed by atoms with van der Waals surface area (Å²) in [5.41, 5.74) is 1.23. The van der Waals surface area contributed by atoms with E-state index in [9.17, 15) is 9.59 Å². The van der Waals surface area contributed by atoms with Crippen LogP contribution in [0.4, 0.5) is 15.0 Å². The predicted molar refractivity (Wildman–Crippen MR) is 167 cm³/mol. The number of anilines is 1. The summed E-state index contributed by atoms with van der Waals surface area (Å²) >= 11 is 1.57. The summed E-state index contributed by atoms with van der Waals surface area (Å²) in [7, 11) is 1.73. The Labute approximate surface area is 258 Å². The molecule has 1 aliphatic heterocycles. The highest BCUT2D eigenvalue weighted by atomic mass is 32.1. The molecule has 1 saturated heterocycles. The number of piperidine rings is 1. The third-order valence-electron chi connectivity index (χ3n) is 7.35. The standard InChI is InChI=1S/C32H32FN7O3S/c1-32(2,3)43-31(42)39-15-5-6-22(18-39)40(30(41)23-8-7-21(16-25(23)33)26-19-38(4)37-36-26)29-24-17-28(20-9-12-34-13-10-20)44-27(24)11-14-35-29/h7-14,16-17,19,22H,5-6,15,18H2,1-4H3/t22-/m1/s1. The van der Waals surface area contributed by atoms with Crippen molar-refractivity contribution in [3.8, 4) is 21.7 Å². The number of benzene rings is 1. The van der Waals surface area contributed by atoms with Crippen LogP contribution in [0.1, 0.15) is 44.0 Å². The first-order valence-electron chi connectivity index (χ1n) is 14.3. The van der Waals surface area contributed by atoms with E-state index >= 15 is 4.39 Å². The lowest BCUT2D eigenvalue weighted by Crippen LogP contribution is -2.53. The van der Waals surface area contributed by atoms with E-state index in [4.69, 9.17) is 4.74 Å². The van der Waals surface area contributed by atoms with E-state index in [1.54, 1.807) is 59.0 Å². The fourth-order valence-corrected chi connectivity index (χ4v) is 6.41. The lowest BCUT2D eigenvalue weighted by molar-refractivity contribution is 0.0196. The minimum atomic E-state index is -0.682. The number of carbonyl (C=O) groups excluding carboxylic acids is 2. The fraction of sp³-hybridized carbons (Fsp3) is 0.312. The van der Waals surface area contributed by atoms with Gasteiger partial charge in [0.2, 0.25) is 0 Å². The lowest BCUT2D eigenvalue weighted by Gasteiger charge is -2.39. The molecule has 12 heteroatoms. The number of rotatable bonds is 5. The van der Waals surface area contributed by atoms with Gasteiger partial charge in [0.25, 0.3) is 5.91 Å². The summed E-state index contributed by atoms with van der Waals surface area (Å²) < 4.78 is 23.9. The Bertz CT molecular complexity index is 1830. The van der Waals surface area contributed by atoms with Gasteiger partial charge < -0.3 is 9.64 Å². The van der Waals surface area contributed by atoms with Gasteiger partial charge in [-0.1, -0.05) is 11.3 Å². The molecule has 0 aliphatic carbocycles. The zero-order valence-electron chi connectivity index (χ0n) is 24.9. The van der Waals surface area contributed by atoms with E-state index < -0.39 is 29.5 Å². The highest BCUT2D eigenvalue weighted by molar-refractivity contribution is 7.22. The largest absolute Gasteiger partial charge is 0.444 e. The number of halogens is 1. The van der Waals surface area contributed by atoms with E-state index in [1.807, 2.05) is 45.0 Å². The van der Waals surface area contributed by atoms with Gasteiger partial charge in [0.1, 0.15) is 22.9 Å². The number of pyridine rings is 2. The van der Waals surface area contributed by atoms with Gasteiger partial charge in [0.15, 0.2) is 0 Å². The van der Waals surface area contributed by atoms with Gasteiger partial charge in [-0.25, -0.2) is 14.2 Å². The van der Waals surface area contributed by atoms with Crippen LogP contribution in [-0.4, -0.2) is 66.6 Å². The predicted octanol–water partition coefficient (Wildman–Crippen LogP) is 6.34. The van der Waals surface area contributed by atoms with Gasteiger partial charge in [-0.2, -0.15) is 0 Å². The van der Waals surface area contributed by atoms with Gasteiger partial charge in [-0.15, -0.1) is 16.4 Å². The third-order valence-corrected chi connectivity index (χ3v) is 8.50. The first-order valence-corrected chi connectivity index (χ1v) is 15.2. The zero-order valence-corrected chi connectivity index (χ0v) is 25.7. The van der Waals surface area contributed by atoms with E-state index in [1.165, 1.54) is 16.8 Å². The van der Waals surface area contributed by atoms with Crippen molar-refractivity contribution >= 4 is 39.2 Å². The highest BCUT2D eigenvalue weighted by Gasteiger charge is 2.36. The summed E-state index contributed by atoms with van der Waals surface area (Å²) in [6.07, 6.45) is 7.60. The second-order valence-corrected chi connectivity index (χ2v) is 12.8. The Morgan fingerprint density at radius 2 is 1.86 bits per heavy atom. The van der Waals surface area contributed by atoms with E-state index in [2.05, 4.69) is 20.3 Å². The number of carbonyl (C=O) groups is 2. The summed E-state index contributed by atoms with van der Waals surface area (Å²) in [5, 5.41) is 8.75. The fourth-order valence-electron chi connectivity index (χ4n) is 5.35. The molecule has 226 valence electrons. The molecule has 5 heterocycles. The van der Waals surface area contributed by atoms with Gasteiger partial charge in [-0.3, -0.25) is 19.4 Å². The van der Waals surface area contributed by atoms with Crippen LogP contribution in [0.2, 0.25) is 0 Å². The minimum Gasteiger partial charge on any atom is -0.444 e. The van der Waals surface area contributed by atoms with Crippen molar-refractivity contribution in [1.29, 1.82) is 0 Å². The summed E-state index contributed by atoms with van der Waals surface area (Å²) in [4.78, 5) is 40.4. The molecule has 10 nitrogen and oxygen atoms in total. The summed E-state index contributed by atoms with van der Waals surface area (Å²) in [5.74, 6) is -0.809. The highest BCUT2D eigenvalue weighted by Crippen LogP contribution is 2.39. The molecular formula is C32H32FN7O3S. The summed E-state index contributed by atoms with van der Waals surface area (Å²) in [6.45, 7) is 6.17. The molecule has 44 heavy (non-hydrogen) atoms. The topological polar surface area (TPSA) is 106 Å². The molecule has 2 amide bonds. The van der Waals surface area contributed by atoms with Gasteiger partial charge >= 0.3 is 6.09 Å². The quantitative estimate of drug-likeness (QED) is 0.228. The van der Waals surface area contributed by atoms with E-state index in [0.29, 0.717) is 36.5 Å². The Hall–Kier alpha value is -4.71. The number of amides is 2. The number of aryl methyl sites for hydroxylation is 1. The minimum absolute atomic E-state index is 0.101. The Kier molecular flexibility index (Phi) is 7.85. The van der Waals surface area contributed by atoms with Crippen LogP contribution in [0.5, 0.6) is 0 Å². The molecule has 1 fully saturated rings. The van der Waals surface area contributed by atoms with E-state index in [-0.39, 0.29) is 12.1 Å². The van der Waals surface area contributed by atoms with Crippen LogP contribution in [0, 0.1) is 5.82 Å². The van der Waals surface area contributed by atoms with Crippen LogP contribution in [0.25, 0.3) is 31.8 Å². The second kappa shape index (κ2) is 11.8. The first kappa shape index (κ1) is 29.4. The molecule has 1 aliphatic rings. The number of likely N-dealkylation sites (tertiary alicyclic amines) is 1. The van der Waals surface area contributed by atoms with Crippen molar-refractivity contribution in [3.05, 3.63) is 78.6 Å². The van der Waals surface area contributed by atoms with Gasteiger partial charge in [0, 0.05) is 59.3 Å². The average molecular weight is 614 g/mol. The number of thiophene rings is 1. The molecule has 0 spiro atoms. The molecule has 0 unspecified atom stereocenters. The van der Waals surface area contributed by atoms with Crippen LogP contribution < -0.4 is 4.90 Å². The second-order valence-electron chi connectivity index (χ2n) is 11.8. The number of hydrogen-bond donors (Lipinski definition) is 0. The molecule has 6 rings (SSSR count). The number of ether oxygens (including phenoxy) is 1. The van der Waals surface area contributed by atoms with Gasteiger partial charge in [-0.05, 0) is 75.6 Å². The number of nitrogens with zero attached hydrogens (tertiary/aromatic N) is 7. The number of aromatic nitrogens is 5. The molecule has 0 saturated carbocycles. The van der Waals surface area contributed by atoms with Crippen LogP contribution in [-0.2, 0) is 11.8 Å². The number of hydrogen-bond acceptors (Lipinski definition) is 8. The lowest BCUT2D eigenvalue weighted by atomic mass is 10.0. The van der Waals surface area contributed by atoms with E-state index in [0.717, 1.165) is 20.5 Å². The van der Waals surface area contributed by atoms with Crippen molar-refractivity contribution < 1.29 is 18.7 Å². The van der Waals surface area contributed by atoms with Crippen LogP contribution >= 0.6 is 11.3 Å². The van der Waals surface area contributed by atoms with Crippen molar-refractivity contribution in [1.82, 2.24) is 29.9 Å². The van der Waals surface area contributed by atoms with Crippen molar-refractivity contribution in [2.24, 2.45) is 7.05 Å². The third kappa shape index (κ3) is 6.02. The average Bonchev–Trinajstić information content (AvgIpc) is 3.64. The van der Waals surface area contributed by atoms with Crippen molar-refractivity contribution in [2.45, 2.75) is 45.3 Å². The molecule has 4 aromatic heterocycles. The molecular weight excluding hydrogens is 581 g/mol. The Balaban J connectivity index is 1.42. The molecule has 0 bridgehead atoms. The van der Waals surface area contributed by atoms with Crippen LogP contribution in [0.3, 0.4) is 0 Å². The smallest absolute Gasteiger partial charge is 0.410 e. The monoisotopic (exact) mass is 613 g/mol. The number of fused-ring (bicyclic) bond motifs is 1. The molecule has 1 aromatic carbocycles. The van der Waals surface area contributed by atoms with Crippen LogP contribution in [0.15, 0.2) is 67.3 Å². The zero-order chi connectivity index (χ0) is 31.0. The maximum absolute atomic E-state index is 15.8. The maximum Gasteiger partial charge on any atom is 0.410 e. The molecule has 5 aromatic rings. The normalized spacial score (nSPS) is 15.4. The Morgan fingerprint density at radius 1 is 1.07 bits per heavy atom.